The molecule has 5 nitrogen and oxygen atoms in total. The lowest BCUT2D eigenvalue weighted by molar-refractivity contribution is -0.274. The number of nitrogens with one attached hydrogen (secondary N) is 1. The van der Waals surface area contributed by atoms with Gasteiger partial charge in [-0.3, -0.25) is 4.79 Å². The number of aromatic nitrogens is 1. The molecular formula is C21H25ClF3N3O2S. The smallest absolute Gasteiger partial charge is 0.406 e. The summed E-state index contributed by atoms with van der Waals surface area (Å²) < 4.78 is 42.2. The van der Waals surface area contributed by atoms with Crippen molar-refractivity contribution in [3.8, 4) is 5.75 Å². The summed E-state index contributed by atoms with van der Waals surface area (Å²) in [7, 11) is 1.66. The minimum atomic E-state index is -4.64. The Balaban J connectivity index is 0.000000220. The number of aldehydes is 1. The number of pyridine rings is 1. The third-order valence-corrected chi connectivity index (χ3v) is 5.94. The van der Waals surface area contributed by atoms with E-state index in [1.54, 1.807) is 25.1 Å². The number of aryl methyl sites for hydroxylation is 2. The van der Waals surface area contributed by atoms with Crippen LogP contribution in [0.1, 0.15) is 41.4 Å². The highest BCUT2D eigenvalue weighted by atomic mass is 35.5. The molecule has 2 heterocycles. The van der Waals surface area contributed by atoms with Gasteiger partial charge in [0.05, 0.1) is 10.7 Å². The maximum absolute atomic E-state index is 12.1. The molecule has 0 unspecified atom stereocenters. The number of ether oxygens (including phenoxy) is 1. The van der Waals surface area contributed by atoms with Crippen molar-refractivity contribution in [1.82, 2.24) is 4.98 Å². The van der Waals surface area contributed by atoms with E-state index in [2.05, 4.69) is 19.3 Å². The van der Waals surface area contributed by atoms with Crippen LogP contribution in [-0.2, 0) is 6.42 Å². The van der Waals surface area contributed by atoms with E-state index in [1.165, 1.54) is 12.1 Å². The largest absolute Gasteiger partial charge is 0.573 e. The zero-order valence-electron chi connectivity index (χ0n) is 17.6. The van der Waals surface area contributed by atoms with Gasteiger partial charge in [0.15, 0.2) is 6.29 Å². The van der Waals surface area contributed by atoms with Crippen molar-refractivity contribution in [2.24, 2.45) is 0 Å². The highest BCUT2D eigenvalue weighted by Gasteiger charge is 2.31. The van der Waals surface area contributed by atoms with E-state index in [1.807, 2.05) is 19.9 Å². The molecule has 0 bridgehead atoms. The fourth-order valence-corrected chi connectivity index (χ4v) is 4.04. The molecule has 1 N–H and O–H groups in total. The summed E-state index contributed by atoms with van der Waals surface area (Å²) in [5, 5.41) is 3.26. The minimum absolute atomic E-state index is 0.178. The molecule has 1 aliphatic rings. The monoisotopic (exact) mass is 475 g/mol. The van der Waals surface area contributed by atoms with E-state index in [0.717, 1.165) is 49.2 Å². The molecule has 1 aromatic heterocycles. The van der Waals surface area contributed by atoms with Crippen molar-refractivity contribution in [3.05, 3.63) is 46.1 Å². The number of hydrogen-bond acceptors (Lipinski definition) is 6. The summed E-state index contributed by atoms with van der Waals surface area (Å²) in [6.07, 6.45) is -1.11. The van der Waals surface area contributed by atoms with Crippen LogP contribution < -0.4 is 14.4 Å². The van der Waals surface area contributed by atoms with Gasteiger partial charge in [0.25, 0.3) is 0 Å². The second-order valence-corrected chi connectivity index (χ2v) is 8.27. The SMILES string of the molecule is CCCc1cc(NC)cc(OC(F)(F)F)c1.Cc1nc(N2CCCS2)cc(C=O)c1Cl. The van der Waals surface area contributed by atoms with Crippen LogP contribution in [0, 0.1) is 6.92 Å². The topological polar surface area (TPSA) is 54.5 Å². The van der Waals surface area contributed by atoms with Crippen LogP contribution in [0.25, 0.3) is 0 Å². The number of carbonyl (C=O) groups is 1. The second kappa shape index (κ2) is 11.5. The van der Waals surface area contributed by atoms with Gasteiger partial charge >= 0.3 is 6.36 Å². The fourth-order valence-electron chi connectivity index (χ4n) is 2.94. The van der Waals surface area contributed by atoms with Crippen LogP contribution in [0.3, 0.4) is 0 Å². The van der Waals surface area contributed by atoms with Crippen molar-refractivity contribution in [3.63, 3.8) is 0 Å². The Kier molecular flexibility index (Phi) is 9.31. The quantitative estimate of drug-likeness (QED) is 0.391. The summed E-state index contributed by atoms with van der Waals surface area (Å²) in [5.41, 5.74) is 2.68. The molecule has 0 aliphatic carbocycles. The van der Waals surface area contributed by atoms with Crippen LogP contribution >= 0.6 is 23.5 Å². The fraction of sp³-hybridized carbons (Fsp3) is 0.429. The summed E-state index contributed by atoms with van der Waals surface area (Å²) in [6, 6.07) is 6.30. The number of rotatable bonds is 6. The number of carbonyl (C=O) groups excluding carboxylic acids is 1. The van der Waals surface area contributed by atoms with Crippen LogP contribution in [0.15, 0.2) is 24.3 Å². The summed E-state index contributed by atoms with van der Waals surface area (Å²) >= 11 is 7.69. The number of alkyl halides is 3. The van der Waals surface area contributed by atoms with Gasteiger partial charge in [0.1, 0.15) is 11.6 Å². The molecule has 1 saturated heterocycles. The van der Waals surface area contributed by atoms with Crippen molar-refractivity contribution < 1.29 is 22.7 Å². The average molecular weight is 476 g/mol. The van der Waals surface area contributed by atoms with E-state index < -0.39 is 6.36 Å². The first kappa shape index (κ1) is 25.1. The molecule has 170 valence electrons. The maximum atomic E-state index is 12.1. The highest BCUT2D eigenvalue weighted by molar-refractivity contribution is 8.00. The number of anilines is 2. The van der Waals surface area contributed by atoms with E-state index in [4.69, 9.17) is 11.6 Å². The first-order chi connectivity index (χ1) is 14.7. The van der Waals surface area contributed by atoms with Crippen LogP contribution in [0.2, 0.25) is 5.02 Å². The molecule has 0 radical (unpaired) electrons. The van der Waals surface area contributed by atoms with Crippen molar-refractivity contribution in [2.45, 2.75) is 39.5 Å². The summed E-state index contributed by atoms with van der Waals surface area (Å²) in [5.74, 6) is 1.77. The molecule has 10 heteroatoms. The Bertz CT molecular complexity index is 891. The first-order valence-electron chi connectivity index (χ1n) is 9.77. The van der Waals surface area contributed by atoms with Gasteiger partial charge in [-0.25, -0.2) is 4.98 Å². The van der Waals surface area contributed by atoms with Gasteiger partial charge in [-0.1, -0.05) is 24.9 Å². The van der Waals surface area contributed by atoms with Crippen molar-refractivity contribution >= 4 is 41.3 Å². The molecular weight excluding hydrogens is 451 g/mol. The summed E-state index contributed by atoms with van der Waals surface area (Å²) in [4.78, 5) is 15.2. The highest BCUT2D eigenvalue weighted by Crippen LogP contribution is 2.30. The average Bonchev–Trinajstić information content (AvgIpc) is 3.24. The van der Waals surface area contributed by atoms with Crippen LogP contribution in [0.5, 0.6) is 5.75 Å². The molecule has 0 amide bonds. The van der Waals surface area contributed by atoms with Gasteiger partial charge in [-0.15, -0.1) is 13.2 Å². The van der Waals surface area contributed by atoms with Gasteiger partial charge in [0, 0.05) is 36.7 Å². The minimum Gasteiger partial charge on any atom is -0.406 e. The molecule has 31 heavy (non-hydrogen) atoms. The van der Waals surface area contributed by atoms with E-state index in [-0.39, 0.29) is 5.75 Å². The Morgan fingerprint density at radius 3 is 2.61 bits per heavy atom. The van der Waals surface area contributed by atoms with E-state index >= 15 is 0 Å². The maximum Gasteiger partial charge on any atom is 0.573 e. The summed E-state index contributed by atoms with van der Waals surface area (Å²) in [6.45, 7) is 4.77. The number of benzene rings is 1. The molecule has 2 aromatic rings. The lowest BCUT2D eigenvalue weighted by Gasteiger charge is -2.16. The Morgan fingerprint density at radius 2 is 2.06 bits per heavy atom. The normalized spacial score (nSPS) is 13.5. The van der Waals surface area contributed by atoms with Crippen molar-refractivity contribution in [1.29, 1.82) is 0 Å². The van der Waals surface area contributed by atoms with Crippen LogP contribution in [0.4, 0.5) is 24.7 Å². The van der Waals surface area contributed by atoms with Crippen molar-refractivity contribution in [2.75, 3.05) is 29.0 Å². The molecule has 0 spiro atoms. The molecule has 3 rings (SSSR count). The zero-order chi connectivity index (χ0) is 23.0. The predicted molar refractivity (Wildman–Crippen MR) is 120 cm³/mol. The van der Waals surface area contributed by atoms with E-state index in [9.17, 15) is 18.0 Å². The molecule has 1 aromatic carbocycles. The Morgan fingerprint density at radius 1 is 1.32 bits per heavy atom. The zero-order valence-corrected chi connectivity index (χ0v) is 19.1. The van der Waals surface area contributed by atoms with E-state index in [0.29, 0.717) is 22.0 Å². The third-order valence-electron chi connectivity index (χ3n) is 4.30. The molecule has 1 fully saturated rings. The second-order valence-electron chi connectivity index (χ2n) is 6.79. The van der Waals surface area contributed by atoms with Gasteiger partial charge < -0.3 is 14.4 Å². The lowest BCUT2D eigenvalue weighted by Crippen LogP contribution is -2.17. The third kappa shape index (κ3) is 7.81. The lowest BCUT2D eigenvalue weighted by atomic mass is 10.1. The molecule has 0 atom stereocenters. The van der Waals surface area contributed by atoms with Crippen LogP contribution in [-0.4, -0.2) is 37.0 Å². The molecule has 1 aliphatic heterocycles. The first-order valence-corrected chi connectivity index (χ1v) is 11.1. The standard InChI is InChI=1S/C11H14F3NO.C10H11ClN2OS/c1-3-4-8-5-9(15-2)7-10(6-8)16-11(12,13)14;1-7-10(11)8(6-14)5-9(12-7)13-3-2-4-15-13/h5-7,15H,3-4H2,1-2H3;5-6H,2-4H2,1H3. The molecule has 0 saturated carbocycles. The predicted octanol–water partition coefficient (Wildman–Crippen LogP) is 6.29. The van der Waals surface area contributed by atoms with Gasteiger partial charge in [-0.05, 0) is 55.5 Å². The number of nitrogens with zero attached hydrogens (tertiary/aromatic N) is 2. The van der Waals surface area contributed by atoms with Gasteiger partial charge in [0.2, 0.25) is 0 Å². The Hall–Kier alpha value is -2.13. The number of hydrogen-bond donors (Lipinski definition) is 1. The number of halogens is 4. The Labute approximate surface area is 189 Å². The van der Waals surface area contributed by atoms with Gasteiger partial charge in [-0.2, -0.15) is 0 Å².